The van der Waals surface area contributed by atoms with E-state index in [2.05, 4.69) is 16.3 Å². The minimum absolute atomic E-state index is 0.158. The molecule has 1 aliphatic heterocycles. The molecule has 8 nitrogen and oxygen atoms in total. The highest BCUT2D eigenvalue weighted by atomic mass is 32.1. The highest BCUT2D eigenvalue weighted by molar-refractivity contribution is 7.22. The van der Waals surface area contributed by atoms with Gasteiger partial charge in [-0.25, -0.2) is 9.78 Å². The first kappa shape index (κ1) is 21.0. The van der Waals surface area contributed by atoms with Gasteiger partial charge in [0.05, 0.1) is 31.2 Å². The van der Waals surface area contributed by atoms with E-state index in [0.717, 1.165) is 21.1 Å². The molecule has 0 saturated carbocycles. The van der Waals surface area contributed by atoms with Gasteiger partial charge in [0.15, 0.2) is 16.6 Å². The standard InChI is InChI=1S/C22H26N4O4S/c1-4-30-16-8-6-10-18-19(16)24-22(31-18)26-13-11-25(12-14-26)21(27)23-15-7-5-9-17(28-2)20(15)29-3/h5-10H,4,11-14H2,1-3H3,(H,23,27). The minimum atomic E-state index is -0.158. The van der Waals surface area contributed by atoms with E-state index in [0.29, 0.717) is 50.0 Å². The van der Waals surface area contributed by atoms with Gasteiger partial charge in [-0.1, -0.05) is 23.5 Å². The third-order valence-corrected chi connectivity index (χ3v) is 6.23. The number of piperazine rings is 1. The number of anilines is 2. The largest absolute Gasteiger partial charge is 0.493 e. The molecule has 0 unspecified atom stereocenters. The summed E-state index contributed by atoms with van der Waals surface area (Å²) in [5.41, 5.74) is 1.48. The molecule has 1 aromatic heterocycles. The number of ether oxygens (including phenoxy) is 3. The second-order valence-corrected chi connectivity index (χ2v) is 7.99. The first-order valence-electron chi connectivity index (χ1n) is 10.2. The number of rotatable bonds is 6. The Kier molecular flexibility index (Phi) is 6.31. The van der Waals surface area contributed by atoms with Crippen molar-refractivity contribution in [3.63, 3.8) is 0 Å². The quantitative estimate of drug-likeness (QED) is 0.620. The third kappa shape index (κ3) is 4.32. The lowest BCUT2D eigenvalue weighted by Gasteiger charge is -2.34. The number of amides is 2. The van der Waals surface area contributed by atoms with Gasteiger partial charge in [-0.05, 0) is 31.2 Å². The summed E-state index contributed by atoms with van der Waals surface area (Å²) in [6.45, 7) is 5.22. The predicted molar refractivity (Wildman–Crippen MR) is 123 cm³/mol. The zero-order valence-electron chi connectivity index (χ0n) is 17.9. The summed E-state index contributed by atoms with van der Waals surface area (Å²) in [5.74, 6) is 1.90. The van der Waals surface area contributed by atoms with Crippen LogP contribution in [-0.2, 0) is 0 Å². The van der Waals surface area contributed by atoms with E-state index in [9.17, 15) is 4.79 Å². The molecular formula is C22H26N4O4S. The molecule has 9 heteroatoms. The van der Waals surface area contributed by atoms with Crippen molar-refractivity contribution in [1.82, 2.24) is 9.88 Å². The number of urea groups is 1. The summed E-state index contributed by atoms with van der Waals surface area (Å²) < 4.78 is 17.5. The highest BCUT2D eigenvalue weighted by Crippen LogP contribution is 2.36. The van der Waals surface area contributed by atoms with Gasteiger partial charge in [0.2, 0.25) is 0 Å². The Hall–Kier alpha value is -3.20. The Morgan fingerprint density at radius 3 is 2.52 bits per heavy atom. The van der Waals surface area contributed by atoms with Gasteiger partial charge < -0.3 is 29.3 Å². The number of fused-ring (bicyclic) bond motifs is 1. The second kappa shape index (κ2) is 9.30. The Balaban J connectivity index is 1.42. The molecule has 31 heavy (non-hydrogen) atoms. The van der Waals surface area contributed by atoms with E-state index < -0.39 is 0 Å². The van der Waals surface area contributed by atoms with Crippen molar-refractivity contribution in [3.05, 3.63) is 36.4 Å². The van der Waals surface area contributed by atoms with Gasteiger partial charge in [-0.15, -0.1) is 0 Å². The maximum absolute atomic E-state index is 12.8. The van der Waals surface area contributed by atoms with Gasteiger partial charge in [0, 0.05) is 26.2 Å². The smallest absolute Gasteiger partial charge is 0.322 e. The lowest BCUT2D eigenvalue weighted by molar-refractivity contribution is 0.208. The van der Waals surface area contributed by atoms with Gasteiger partial charge >= 0.3 is 6.03 Å². The van der Waals surface area contributed by atoms with Crippen LogP contribution < -0.4 is 24.4 Å². The summed E-state index contributed by atoms with van der Waals surface area (Å²) in [5, 5.41) is 3.89. The van der Waals surface area contributed by atoms with Crippen LogP contribution in [0.25, 0.3) is 10.2 Å². The monoisotopic (exact) mass is 442 g/mol. The minimum Gasteiger partial charge on any atom is -0.493 e. The number of methoxy groups -OCH3 is 2. The average Bonchev–Trinajstić information content (AvgIpc) is 3.24. The number of benzene rings is 2. The fourth-order valence-electron chi connectivity index (χ4n) is 3.60. The summed E-state index contributed by atoms with van der Waals surface area (Å²) >= 11 is 1.65. The average molecular weight is 443 g/mol. The molecule has 0 aliphatic carbocycles. The first-order chi connectivity index (χ1) is 15.1. The fourth-order valence-corrected chi connectivity index (χ4v) is 4.63. The van der Waals surface area contributed by atoms with E-state index in [1.165, 1.54) is 0 Å². The lowest BCUT2D eigenvalue weighted by Crippen LogP contribution is -2.50. The Labute approximate surface area is 185 Å². The Bertz CT molecular complexity index is 1060. The highest BCUT2D eigenvalue weighted by Gasteiger charge is 2.24. The topological polar surface area (TPSA) is 76.2 Å². The van der Waals surface area contributed by atoms with Crippen LogP contribution in [0.2, 0.25) is 0 Å². The van der Waals surface area contributed by atoms with Crippen molar-refractivity contribution in [1.29, 1.82) is 0 Å². The van der Waals surface area contributed by atoms with Crippen LogP contribution in [0.15, 0.2) is 36.4 Å². The van der Waals surface area contributed by atoms with E-state index in [-0.39, 0.29) is 6.03 Å². The number of hydrogen-bond donors (Lipinski definition) is 1. The van der Waals surface area contributed by atoms with E-state index in [4.69, 9.17) is 19.2 Å². The van der Waals surface area contributed by atoms with Crippen LogP contribution in [0.4, 0.5) is 15.6 Å². The molecule has 0 spiro atoms. The molecule has 2 aromatic carbocycles. The van der Waals surface area contributed by atoms with Crippen LogP contribution in [0, 0.1) is 0 Å². The summed E-state index contributed by atoms with van der Waals surface area (Å²) in [7, 11) is 3.13. The molecule has 1 saturated heterocycles. The van der Waals surface area contributed by atoms with Crippen molar-refractivity contribution in [2.24, 2.45) is 0 Å². The van der Waals surface area contributed by atoms with Crippen molar-refractivity contribution < 1.29 is 19.0 Å². The Morgan fingerprint density at radius 2 is 1.81 bits per heavy atom. The lowest BCUT2D eigenvalue weighted by atomic mass is 10.2. The molecule has 1 fully saturated rings. The van der Waals surface area contributed by atoms with E-state index in [1.54, 1.807) is 42.6 Å². The number of para-hydroxylation sites is 2. The zero-order chi connectivity index (χ0) is 21.8. The van der Waals surface area contributed by atoms with Crippen LogP contribution in [-0.4, -0.2) is 62.9 Å². The molecule has 3 aromatic rings. The van der Waals surface area contributed by atoms with Crippen molar-refractivity contribution >= 4 is 38.4 Å². The molecular weight excluding hydrogens is 416 g/mol. The van der Waals surface area contributed by atoms with Crippen LogP contribution in [0.1, 0.15) is 6.92 Å². The maximum Gasteiger partial charge on any atom is 0.322 e. The van der Waals surface area contributed by atoms with Gasteiger partial charge in [-0.3, -0.25) is 0 Å². The first-order valence-corrected chi connectivity index (χ1v) is 11.0. The number of hydrogen-bond acceptors (Lipinski definition) is 7. The molecule has 1 aliphatic rings. The normalized spacial score (nSPS) is 13.9. The summed E-state index contributed by atoms with van der Waals surface area (Å²) in [6, 6.07) is 11.3. The number of carbonyl (C=O) groups is 1. The number of carbonyl (C=O) groups excluding carboxylic acids is 1. The molecule has 0 bridgehead atoms. The number of aromatic nitrogens is 1. The van der Waals surface area contributed by atoms with Gasteiger partial charge in [-0.2, -0.15) is 0 Å². The van der Waals surface area contributed by atoms with Crippen LogP contribution in [0.3, 0.4) is 0 Å². The maximum atomic E-state index is 12.8. The van der Waals surface area contributed by atoms with E-state index in [1.807, 2.05) is 25.1 Å². The van der Waals surface area contributed by atoms with Crippen molar-refractivity contribution in [2.75, 3.05) is 57.2 Å². The van der Waals surface area contributed by atoms with Crippen LogP contribution >= 0.6 is 11.3 Å². The third-order valence-electron chi connectivity index (χ3n) is 5.15. The summed E-state index contributed by atoms with van der Waals surface area (Å²) in [6.07, 6.45) is 0. The molecule has 1 N–H and O–H groups in total. The zero-order valence-corrected chi connectivity index (χ0v) is 18.7. The SMILES string of the molecule is CCOc1cccc2sc(N3CCN(C(=O)Nc4cccc(OC)c4OC)CC3)nc12. The Morgan fingerprint density at radius 1 is 1.06 bits per heavy atom. The molecule has 2 amide bonds. The van der Waals surface area contributed by atoms with Gasteiger partial charge in [0.25, 0.3) is 0 Å². The van der Waals surface area contributed by atoms with Gasteiger partial charge in [0.1, 0.15) is 11.3 Å². The number of nitrogens with zero attached hydrogens (tertiary/aromatic N) is 3. The summed E-state index contributed by atoms with van der Waals surface area (Å²) in [4.78, 5) is 21.6. The van der Waals surface area contributed by atoms with E-state index >= 15 is 0 Å². The fraction of sp³-hybridized carbons (Fsp3) is 0.364. The second-order valence-electron chi connectivity index (χ2n) is 6.98. The van der Waals surface area contributed by atoms with Crippen molar-refractivity contribution in [3.8, 4) is 17.2 Å². The predicted octanol–water partition coefficient (Wildman–Crippen LogP) is 4.07. The van der Waals surface area contributed by atoms with Crippen LogP contribution in [0.5, 0.6) is 17.2 Å². The molecule has 0 radical (unpaired) electrons. The molecule has 4 rings (SSSR count). The number of nitrogens with one attached hydrogen (secondary N) is 1. The molecule has 164 valence electrons. The molecule has 2 heterocycles. The molecule has 0 atom stereocenters. The van der Waals surface area contributed by atoms with Crippen molar-refractivity contribution in [2.45, 2.75) is 6.92 Å². The number of thiazole rings is 1.